The summed E-state index contributed by atoms with van der Waals surface area (Å²) in [5.41, 5.74) is 0. The molecule has 6 nitrogen and oxygen atoms in total. The normalized spacial score (nSPS) is 17.0. The Morgan fingerprint density at radius 3 is 3.00 bits per heavy atom. The summed E-state index contributed by atoms with van der Waals surface area (Å²) < 4.78 is 5.43. The fourth-order valence-electron chi connectivity index (χ4n) is 2.40. The summed E-state index contributed by atoms with van der Waals surface area (Å²) in [4.78, 5) is 13.4. The predicted octanol–water partition coefficient (Wildman–Crippen LogP) is 0.770. The topological polar surface area (TPSA) is 61.7 Å². The molecule has 6 heteroatoms. The largest absolute Gasteiger partial charge is 0.478 e. The maximum Gasteiger partial charge on any atom is 0.228 e. The lowest BCUT2D eigenvalue weighted by atomic mass is 10.3. The van der Waals surface area contributed by atoms with E-state index >= 15 is 0 Å². The molecular formula is C14H24N4O2. The van der Waals surface area contributed by atoms with Crippen LogP contribution in [0.15, 0.2) is 12.3 Å². The highest BCUT2D eigenvalue weighted by Gasteiger charge is 2.16. The number of hydrogen-bond acceptors (Lipinski definition) is 6. The van der Waals surface area contributed by atoms with E-state index < -0.39 is 0 Å². The molecule has 0 spiro atoms. The molecule has 112 valence electrons. The summed E-state index contributed by atoms with van der Waals surface area (Å²) in [6.45, 7) is 7.73. The van der Waals surface area contributed by atoms with Gasteiger partial charge in [0, 0.05) is 45.0 Å². The first-order valence-corrected chi connectivity index (χ1v) is 7.37. The van der Waals surface area contributed by atoms with Crippen LogP contribution < -0.4 is 9.64 Å². The van der Waals surface area contributed by atoms with Gasteiger partial charge in [0.15, 0.2) is 0 Å². The summed E-state index contributed by atoms with van der Waals surface area (Å²) in [6.07, 6.45) is 3.69. The second kappa shape index (κ2) is 8.01. The van der Waals surface area contributed by atoms with Gasteiger partial charge in [0.2, 0.25) is 11.8 Å². The quantitative estimate of drug-likeness (QED) is 0.830. The van der Waals surface area contributed by atoms with Crippen LogP contribution in [-0.4, -0.2) is 65.9 Å². The van der Waals surface area contributed by atoms with E-state index in [1.54, 1.807) is 12.3 Å². The van der Waals surface area contributed by atoms with E-state index in [1.807, 2.05) is 6.92 Å². The molecule has 0 amide bonds. The zero-order chi connectivity index (χ0) is 14.2. The van der Waals surface area contributed by atoms with Gasteiger partial charge in [-0.3, -0.25) is 0 Å². The van der Waals surface area contributed by atoms with Crippen molar-refractivity contribution in [2.45, 2.75) is 19.8 Å². The maximum atomic E-state index is 8.91. The Hall–Kier alpha value is -1.40. The van der Waals surface area contributed by atoms with Crippen LogP contribution in [0, 0.1) is 0 Å². The molecule has 20 heavy (non-hydrogen) atoms. The van der Waals surface area contributed by atoms with E-state index in [2.05, 4.69) is 19.8 Å². The SMILES string of the molecule is CCOc1ccnc(N2CCCN(CCCO)CC2)n1. The molecule has 1 fully saturated rings. The number of hydrogen-bond donors (Lipinski definition) is 1. The van der Waals surface area contributed by atoms with Gasteiger partial charge in [-0.25, -0.2) is 4.98 Å². The number of aromatic nitrogens is 2. The molecule has 0 radical (unpaired) electrons. The molecule has 1 aliphatic heterocycles. The standard InChI is InChI=1S/C14H24N4O2/c1-2-20-13-5-6-15-14(16-13)18-9-3-7-17(10-11-18)8-4-12-19/h5-6,19H,2-4,7-12H2,1H3. The number of nitrogens with zero attached hydrogens (tertiary/aromatic N) is 4. The number of aliphatic hydroxyl groups is 1. The summed E-state index contributed by atoms with van der Waals surface area (Å²) in [5, 5.41) is 8.91. The smallest absolute Gasteiger partial charge is 0.228 e. The van der Waals surface area contributed by atoms with E-state index in [9.17, 15) is 0 Å². The van der Waals surface area contributed by atoms with Crippen LogP contribution in [0.2, 0.25) is 0 Å². The van der Waals surface area contributed by atoms with Crippen molar-refractivity contribution in [3.8, 4) is 5.88 Å². The molecule has 2 rings (SSSR count). The van der Waals surface area contributed by atoms with Gasteiger partial charge in [-0.15, -0.1) is 0 Å². The van der Waals surface area contributed by atoms with Gasteiger partial charge in [0.25, 0.3) is 0 Å². The van der Waals surface area contributed by atoms with Crippen LogP contribution in [0.1, 0.15) is 19.8 Å². The van der Waals surface area contributed by atoms with Crippen LogP contribution in [0.25, 0.3) is 0 Å². The van der Waals surface area contributed by atoms with Crippen molar-refractivity contribution in [3.05, 3.63) is 12.3 Å². The monoisotopic (exact) mass is 280 g/mol. The Balaban J connectivity index is 1.94. The summed E-state index contributed by atoms with van der Waals surface area (Å²) in [5.74, 6) is 1.39. The molecule has 0 saturated carbocycles. The van der Waals surface area contributed by atoms with Crippen molar-refractivity contribution >= 4 is 5.95 Å². The van der Waals surface area contributed by atoms with Gasteiger partial charge in [-0.05, 0) is 26.3 Å². The highest BCUT2D eigenvalue weighted by molar-refractivity contribution is 5.32. The van der Waals surface area contributed by atoms with Crippen LogP contribution in [0.3, 0.4) is 0 Å². The van der Waals surface area contributed by atoms with Gasteiger partial charge < -0.3 is 19.6 Å². The van der Waals surface area contributed by atoms with Gasteiger partial charge in [0.1, 0.15) is 0 Å². The van der Waals surface area contributed by atoms with Crippen LogP contribution in [-0.2, 0) is 0 Å². The Morgan fingerprint density at radius 1 is 1.30 bits per heavy atom. The molecule has 0 bridgehead atoms. The first-order valence-electron chi connectivity index (χ1n) is 7.37. The molecule has 1 N–H and O–H groups in total. The minimum absolute atomic E-state index is 0.264. The lowest BCUT2D eigenvalue weighted by Gasteiger charge is -2.21. The van der Waals surface area contributed by atoms with Gasteiger partial charge >= 0.3 is 0 Å². The first kappa shape index (κ1) is 15.0. The summed E-state index contributed by atoms with van der Waals surface area (Å²) >= 11 is 0. The van der Waals surface area contributed by atoms with Crippen LogP contribution in [0.4, 0.5) is 5.95 Å². The van der Waals surface area contributed by atoms with Gasteiger partial charge in [-0.1, -0.05) is 0 Å². The zero-order valence-electron chi connectivity index (χ0n) is 12.2. The Morgan fingerprint density at radius 2 is 2.20 bits per heavy atom. The molecular weight excluding hydrogens is 256 g/mol. The van der Waals surface area contributed by atoms with Crippen molar-refractivity contribution in [1.29, 1.82) is 0 Å². The summed E-state index contributed by atoms with van der Waals surface area (Å²) in [7, 11) is 0. The van der Waals surface area contributed by atoms with Crippen molar-refractivity contribution in [1.82, 2.24) is 14.9 Å². The molecule has 1 saturated heterocycles. The maximum absolute atomic E-state index is 8.91. The molecule has 0 aliphatic carbocycles. The second-order valence-corrected chi connectivity index (χ2v) is 4.89. The second-order valence-electron chi connectivity index (χ2n) is 4.89. The number of ether oxygens (including phenoxy) is 1. The average molecular weight is 280 g/mol. The zero-order valence-corrected chi connectivity index (χ0v) is 12.2. The Kier molecular flexibility index (Phi) is 6.01. The van der Waals surface area contributed by atoms with Crippen molar-refractivity contribution in [3.63, 3.8) is 0 Å². The van der Waals surface area contributed by atoms with Gasteiger partial charge in [-0.2, -0.15) is 4.98 Å². The van der Waals surface area contributed by atoms with Crippen molar-refractivity contribution in [2.24, 2.45) is 0 Å². The molecule has 1 aromatic rings. The lowest BCUT2D eigenvalue weighted by molar-refractivity contribution is 0.232. The Bertz CT molecular complexity index is 403. The lowest BCUT2D eigenvalue weighted by Crippen LogP contribution is -2.32. The third-order valence-corrected chi connectivity index (χ3v) is 3.41. The van der Waals surface area contributed by atoms with E-state index in [1.165, 1.54) is 0 Å². The van der Waals surface area contributed by atoms with Crippen LogP contribution in [0.5, 0.6) is 5.88 Å². The van der Waals surface area contributed by atoms with Crippen molar-refractivity contribution in [2.75, 3.05) is 50.8 Å². The molecule has 2 heterocycles. The molecule has 1 aromatic heterocycles. The minimum atomic E-state index is 0.264. The summed E-state index contributed by atoms with van der Waals surface area (Å²) in [6, 6.07) is 1.79. The van der Waals surface area contributed by atoms with E-state index in [0.29, 0.717) is 12.5 Å². The number of aliphatic hydroxyl groups excluding tert-OH is 1. The van der Waals surface area contributed by atoms with Crippen LogP contribution >= 0.6 is 0 Å². The van der Waals surface area contributed by atoms with E-state index in [-0.39, 0.29) is 6.61 Å². The highest BCUT2D eigenvalue weighted by Crippen LogP contribution is 2.15. The third-order valence-electron chi connectivity index (χ3n) is 3.41. The predicted molar refractivity (Wildman–Crippen MR) is 78.2 cm³/mol. The molecule has 1 aliphatic rings. The highest BCUT2D eigenvalue weighted by atomic mass is 16.5. The van der Waals surface area contributed by atoms with Crippen molar-refractivity contribution < 1.29 is 9.84 Å². The van der Waals surface area contributed by atoms with Gasteiger partial charge in [0.05, 0.1) is 6.61 Å². The molecule has 0 aromatic carbocycles. The van der Waals surface area contributed by atoms with E-state index in [0.717, 1.165) is 51.5 Å². The first-order chi connectivity index (χ1) is 9.83. The number of rotatable bonds is 6. The fourth-order valence-corrected chi connectivity index (χ4v) is 2.40. The third kappa shape index (κ3) is 4.31. The molecule has 0 atom stereocenters. The Labute approximate surface area is 120 Å². The molecule has 0 unspecified atom stereocenters. The minimum Gasteiger partial charge on any atom is -0.478 e. The average Bonchev–Trinajstić information content (AvgIpc) is 2.71. The number of anilines is 1. The fraction of sp³-hybridized carbons (Fsp3) is 0.714. The van der Waals surface area contributed by atoms with E-state index in [4.69, 9.17) is 9.84 Å².